The highest BCUT2D eigenvalue weighted by atomic mass is 32.2. The second kappa shape index (κ2) is 5.24. The lowest BCUT2D eigenvalue weighted by Gasteiger charge is -2.29. The molecule has 0 aromatic heterocycles. The van der Waals surface area contributed by atoms with E-state index in [2.05, 4.69) is 0 Å². The molecule has 1 heterocycles. The smallest absolute Gasteiger partial charge is 0.335 e. The normalized spacial score (nSPS) is 14.8. The molecule has 0 spiro atoms. The molecule has 108 valence electrons. The summed E-state index contributed by atoms with van der Waals surface area (Å²) in [4.78, 5) is 24.3. The number of carbonyl (C=O) groups excluding carboxylic acids is 1. The SMILES string of the molecule is CS(=O)(=O)CC(=O)N1CCc2ccc(C(=O)O)cc2C1. The topological polar surface area (TPSA) is 91.8 Å². The van der Waals surface area contributed by atoms with E-state index in [1.165, 1.54) is 17.0 Å². The van der Waals surface area contributed by atoms with E-state index >= 15 is 0 Å². The van der Waals surface area contributed by atoms with Crippen molar-refractivity contribution in [1.82, 2.24) is 4.90 Å². The average Bonchev–Trinajstić information content (AvgIpc) is 2.35. The van der Waals surface area contributed by atoms with Crippen LogP contribution in [-0.2, 0) is 27.6 Å². The molecule has 1 aliphatic rings. The fourth-order valence-corrected chi connectivity index (χ4v) is 2.85. The summed E-state index contributed by atoms with van der Waals surface area (Å²) in [5, 5.41) is 8.95. The summed E-state index contributed by atoms with van der Waals surface area (Å²) < 4.78 is 22.3. The van der Waals surface area contributed by atoms with Crippen molar-refractivity contribution in [3.63, 3.8) is 0 Å². The van der Waals surface area contributed by atoms with E-state index in [4.69, 9.17) is 5.11 Å². The van der Waals surface area contributed by atoms with E-state index in [0.29, 0.717) is 13.0 Å². The lowest BCUT2D eigenvalue weighted by molar-refractivity contribution is -0.129. The number of hydrogen-bond acceptors (Lipinski definition) is 4. The maximum Gasteiger partial charge on any atom is 0.335 e. The van der Waals surface area contributed by atoms with Gasteiger partial charge in [0.15, 0.2) is 9.84 Å². The van der Waals surface area contributed by atoms with Gasteiger partial charge in [-0.2, -0.15) is 0 Å². The number of benzene rings is 1. The van der Waals surface area contributed by atoms with Gasteiger partial charge >= 0.3 is 5.97 Å². The lowest BCUT2D eigenvalue weighted by Crippen LogP contribution is -2.39. The van der Waals surface area contributed by atoms with E-state index in [9.17, 15) is 18.0 Å². The molecule has 0 unspecified atom stereocenters. The Morgan fingerprint density at radius 3 is 2.60 bits per heavy atom. The molecule has 0 fully saturated rings. The van der Waals surface area contributed by atoms with Gasteiger partial charge in [-0.1, -0.05) is 6.07 Å². The zero-order valence-corrected chi connectivity index (χ0v) is 11.8. The van der Waals surface area contributed by atoms with E-state index in [1.54, 1.807) is 6.07 Å². The van der Waals surface area contributed by atoms with Gasteiger partial charge in [-0.05, 0) is 29.7 Å². The Balaban J connectivity index is 2.19. The molecule has 1 aliphatic heterocycles. The second-order valence-electron chi connectivity index (χ2n) is 4.92. The first kappa shape index (κ1) is 14.5. The summed E-state index contributed by atoms with van der Waals surface area (Å²) >= 11 is 0. The maximum atomic E-state index is 11.9. The van der Waals surface area contributed by atoms with Crippen molar-refractivity contribution in [3.8, 4) is 0 Å². The third-order valence-electron chi connectivity index (χ3n) is 3.20. The van der Waals surface area contributed by atoms with Gasteiger partial charge in [-0.15, -0.1) is 0 Å². The standard InChI is InChI=1S/C13H15NO5S/c1-20(18,19)8-12(15)14-5-4-9-2-3-10(13(16)17)6-11(9)7-14/h2-3,6H,4-5,7-8H2,1H3,(H,16,17). The third kappa shape index (κ3) is 3.36. The van der Waals surface area contributed by atoms with Crippen molar-refractivity contribution >= 4 is 21.7 Å². The third-order valence-corrected chi connectivity index (χ3v) is 3.98. The number of fused-ring (bicyclic) bond motifs is 1. The van der Waals surface area contributed by atoms with Gasteiger partial charge in [0.2, 0.25) is 5.91 Å². The fraction of sp³-hybridized carbons (Fsp3) is 0.385. The van der Waals surface area contributed by atoms with Crippen molar-refractivity contribution in [2.75, 3.05) is 18.6 Å². The quantitative estimate of drug-likeness (QED) is 0.867. The molecule has 0 radical (unpaired) electrons. The minimum absolute atomic E-state index is 0.168. The van der Waals surface area contributed by atoms with E-state index in [1.807, 2.05) is 0 Å². The van der Waals surface area contributed by atoms with Crippen LogP contribution < -0.4 is 0 Å². The van der Waals surface area contributed by atoms with Crippen LogP contribution in [-0.4, -0.2) is 48.9 Å². The average molecular weight is 297 g/mol. The molecule has 1 amide bonds. The summed E-state index contributed by atoms with van der Waals surface area (Å²) in [6.45, 7) is 0.707. The second-order valence-corrected chi connectivity index (χ2v) is 7.06. The number of rotatable bonds is 3. The first-order valence-corrected chi connectivity index (χ1v) is 8.13. The van der Waals surface area contributed by atoms with Crippen molar-refractivity contribution in [2.45, 2.75) is 13.0 Å². The van der Waals surface area contributed by atoms with E-state index < -0.39 is 27.5 Å². The summed E-state index contributed by atoms with van der Waals surface area (Å²) in [5.74, 6) is -1.98. The minimum Gasteiger partial charge on any atom is -0.478 e. The molecule has 0 saturated carbocycles. The predicted octanol–water partition coefficient (Wildman–Crippen LogP) is 0.314. The molecule has 6 nitrogen and oxygen atoms in total. The van der Waals surface area contributed by atoms with Gasteiger partial charge in [0.1, 0.15) is 5.75 Å². The number of aromatic carboxylic acids is 1. The van der Waals surface area contributed by atoms with Crippen molar-refractivity contribution in [2.24, 2.45) is 0 Å². The summed E-state index contributed by atoms with van der Waals surface area (Å²) in [6, 6.07) is 4.82. The number of amides is 1. The van der Waals surface area contributed by atoms with Crippen LogP contribution in [0.5, 0.6) is 0 Å². The number of carboxylic acid groups (broad SMARTS) is 1. The summed E-state index contributed by atoms with van der Waals surface area (Å²) in [5.41, 5.74) is 1.93. The maximum absolute atomic E-state index is 11.9. The Bertz CT molecular complexity index is 665. The Morgan fingerprint density at radius 1 is 1.30 bits per heavy atom. The van der Waals surface area contributed by atoms with Crippen LogP contribution in [0, 0.1) is 0 Å². The fourth-order valence-electron chi connectivity index (χ4n) is 2.22. The van der Waals surface area contributed by atoms with E-state index in [0.717, 1.165) is 17.4 Å². The van der Waals surface area contributed by atoms with Crippen LogP contribution in [0.4, 0.5) is 0 Å². The van der Waals surface area contributed by atoms with Gasteiger partial charge in [0.25, 0.3) is 0 Å². The first-order chi connectivity index (χ1) is 9.26. The largest absolute Gasteiger partial charge is 0.478 e. The van der Waals surface area contributed by atoms with Gasteiger partial charge in [0.05, 0.1) is 5.56 Å². The zero-order valence-electron chi connectivity index (χ0n) is 11.0. The van der Waals surface area contributed by atoms with Crippen LogP contribution in [0.1, 0.15) is 21.5 Å². The van der Waals surface area contributed by atoms with Gasteiger partial charge in [-0.25, -0.2) is 13.2 Å². The van der Waals surface area contributed by atoms with Crippen molar-refractivity contribution in [3.05, 3.63) is 34.9 Å². The number of hydrogen-bond donors (Lipinski definition) is 1. The zero-order chi connectivity index (χ0) is 14.9. The van der Waals surface area contributed by atoms with Crippen LogP contribution in [0.3, 0.4) is 0 Å². The Kier molecular flexibility index (Phi) is 3.80. The molecule has 2 rings (SSSR count). The molecular formula is C13H15NO5S. The number of carboxylic acids is 1. The molecule has 0 saturated heterocycles. The van der Waals surface area contributed by atoms with Crippen LogP contribution >= 0.6 is 0 Å². The van der Waals surface area contributed by atoms with Crippen LogP contribution in [0.25, 0.3) is 0 Å². The predicted molar refractivity (Wildman–Crippen MR) is 72.2 cm³/mol. The summed E-state index contributed by atoms with van der Waals surface area (Å²) in [7, 11) is -3.36. The number of nitrogens with zero attached hydrogens (tertiary/aromatic N) is 1. The van der Waals surface area contributed by atoms with Gasteiger partial charge in [0, 0.05) is 19.3 Å². The van der Waals surface area contributed by atoms with Crippen molar-refractivity contribution < 1.29 is 23.1 Å². The molecule has 7 heteroatoms. The minimum atomic E-state index is -3.36. The van der Waals surface area contributed by atoms with Crippen molar-refractivity contribution in [1.29, 1.82) is 0 Å². The Labute approximate surface area is 116 Å². The van der Waals surface area contributed by atoms with Crippen LogP contribution in [0.2, 0.25) is 0 Å². The Morgan fingerprint density at radius 2 is 2.00 bits per heavy atom. The molecule has 1 N–H and O–H groups in total. The van der Waals surface area contributed by atoms with E-state index in [-0.39, 0.29) is 12.1 Å². The lowest BCUT2D eigenvalue weighted by atomic mass is 9.97. The highest BCUT2D eigenvalue weighted by Crippen LogP contribution is 2.20. The molecular weight excluding hydrogens is 282 g/mol. The Hall–Kier alpha value is -1.89. The first-order valence-electron chi connectivity index (χ1n) is 6.07. The molecule has 0 aliphatic carbocycles. The summed E-state index contributed by atoms with van der Waals surface area (Å²) in [6.07, 6.45) is 1.62. The van der Waals surface area contributed by atoms with Gasteiger partial charge < -0.3 is 10.0 Å². The molecule has 0 atom stereocenters. The monoisotopic (exact) mass is 297 g/mol. The number of carbonyl (C=O) groups is 2. The molecule has 1 aromatic carbocycles. The van der Waals surface area contributed by atoms with Crippen LogP contribution in [0.15, 0.2) is 18.2 Å². The highest BCUT2D eigenvalue weighted by molar-refractivity contribution is 7.91. The highest BCUT2D eigenvalue weighted by Gasteiger charge is 2.23. The van der Waals surface area contributed by atoms with Gasteiger partial charge in [-0.3, -0.25) is 4.79 Å². The number of sulfone groups is 1. The molecule has 1 aromatic rings. The molecule has 20 heavy (non-hydrogen) atoms. The molecule has 0 bridgehead atoms.